The smallest absolute Gasteiger partial charge is 0.0233 e. The Hall–Kier alpha value is -0.860. The topological polar surface area (TPSA) is 15.3 Å². The molecule has 0 aliphatic rings. The van der Waals surface area contributed by atoms with Crippen LogP contribution in [0, 0.1) is 0 Å². The first-order chi connectivity index (χ1) is 8.13. The molecule has 0 unspecified atom stereocenters. The van der Waals surface area contributed by atoms with Crippen LogP contribution in [0.4, 0.5) is 0 Å². The highest BCUT2D eigenvalue weighted by Crippen LogP contribution is 2.08. The van der Waals surface area contributed by atoms with Gasteiger partial charge in [-0.25, -0.2) is 0 Å². The first-order valence-electron chi connectivity index (χ1n) is 6.62. The predicted octanol–water partition coefficient (Wildman–Crippen LogP) is 2.68. The zero-order valence-corrected chi connectivity index (χ0v) is 11.7. The Morgan fingerprint density at radius 3 is 2.24 bits per heavy atom. The van der Waals surface area contributed by atoms with Crippen molar-refractivity contribution >= 4 is 0 Å². The highest BCUT2D eigenvalue weighted by Gasteiger charge is 2.03. The molecule has 0 amide bonds. The van der Waals surface area contributed by atoms with Crippen LogP contribution >= 0.6 is 0 Å². The van der Waals surface area contributed by atoms with Crippen LogP contribution in [0.3, 0.4) is 0 Å². The van der Waals surface area contributed by atoms with E-state index in [-0.39, 0.29) is 0 Å². The van der Waals surface area contributed by atoms with Crippen LogP contribution in [-0.2, 0) is 13.0 Å². The Morgan fingerprint density at radius 2 is 1.71 bits per heavy atom. The average molecular weight is 234 g/mol. The number of benzene rings is 1. The molecule has 0 radical (unpaired) electrons. The van der Waals surface area contributed by atoms with Crippen molar-refractivity contribution in [2.75, 3.05) is 20.1 Å². The van der Waals surface area contributed by atoms with Crippen LogP contribution in [0.25, 0.3) is 0 Å². The molecule has 96 valence electrons. The van der Waals surface area contributed by atoms with Gasteiger partial charge in [0.25, 0.3) is 0 Å². The van der Waals surface area contributed by atoms with Gasteiger partial charge in [0, 0.05) is 12.6 Å². The number of likely N-dealkylation sites (N-methyl/N-ethyl adjacent to an activating group) is 1. The molecule has 2 heteroatoms. The van der Waals surface area contributed by atoms with Crippen molar-refractivity contribution in [1.29, 1.82) is 0 Å². The molecule has 0 spiro atoms. The number of hydrogen-bond donors (Lipinski definition) is 1. The third-order valence-corrected chi connectivity index (χ3v) is 3.18. The predicted molar refractivity (Wildman–Crippen MR) is 75.3 cm³/mol. The molecule has 1 aromatic carbocycles. The molecule has 0 aliphatic heterocycles. The van der Waals surface area contributed by atoms with Gasteiger partial charge in [-0.2, -0.15) is 0 Å². The molecule has 0 bridgehead atoms. The molecule has 1 rings (SSSR count). The van der Waals surface area contributed by atoms with E-state index in [9.17, 15) is 0 Å². The molecule has 0 saturated heterocycles. The van der Waals surface area contributed by atoms with E-state index in [0.717, 1.165) is 26.1 Å². The Kier molecular flexibility index (Phi) is 6.23. The summed E-state index contributed by atoms with van der Waals surface area (Å²) in [6.45, 7) is 9.75. The van der Waals surface area contributed by atoms with E-state index in [1.165, 1.54) is 11.1 Å². The van der Waals surface area contributed by atoms with Crippen LogP contribution in [0.1, 0.15) is 31.9 Å². The van der Waals surface area contributed by atoms with Crippen molar-refractivity contribution in [3.63, 3.8) is 0 Å². The summed E-state index contributed by atoms with van der Waals surface area (Å²) in [5.41, 5.74) is 2.82. The number of nitrogens with zero attached hydrogens (tertiary/aromatic N) is 1. The molecular weight excluding hydrogens is 208 g/mol. The fraction of sp³-hybridized carbons (Fsp3) is 0.600. The van der Waals surface area contributed by atoms with Crippen molar-refractivity contribution in [3.8, 4) is 0 Å². The molecule has 2 nitrogen and oxygen atoms in total. The SMILES string of the molecule is CCNCCc1ccc(CN(C)C(C)C)cc1. The highest BCUT2D eigenvalue weighted by atomic mass is 15.1. The summed E-state index contributed by atoms with van der Waals surface area (Å²) in [6.07, 6.45) is 1.12. The maximum atomic E-state index is 3.35. The maximum absolute atomic E-state index is 3.35. The Labute approximate surface area is 106 Å². The van der Waals surface area contributed by atoms with Gasteiger partial charge in [0.15, 0.2) is 0 Å². The zero-order valence-electron chi connectivity index (χ0n) is 11.7. The van der Waals surface area contributed by atoms with E-state index in [2.05, 4.69) is 62.3 Å². The molecule has 0 aromatic heterocycles. The average Bonchev–Trinajstić information content (AvgIpc) is 2.31. The fourth-order valence-electron chi connectivity index (χ4n) is 1.69. The highest BCUT2D eigenvalue weighted by molar-refractivity contribution is 5.22. The summed E-state index contributed by atoms with van der Waals surface area (Å²) >= 11 is 0. The second kappa shape index (κ2) is 7.46. The second-order valence-electron chi connectivity index (χ2n) is 4.93. The van der Waals surface area contributed by atoms with Crippen molar-refractivity contribution in [2.45, 2.75) is 39.8 Å². The van der Waals surface area contributed by atoms with E-state index in [1.807, 2.05) is 0 Å². The van der Waals surface area contributed by atoms with Crippen molar-refractivity contribution in [1.82, 2.24) is 10.2 Å². The minimum Gasteiger partial charge on any atom is -0.317 e. The van der Waals surface area contributed by atoms with Crippen LogP contribution in [0.2, 0.25) is 0 Å². The Morgan fingerprint density at radius 1 is 1.12 bits per heavy atom. The quantitative estimate of drug-likeness (QED) is 0.730. The summed E-state index contributed by atoms with van der Waals surface area (Å²) in [5, 5.41) is 3.35. The van der Waals surface area contributed by atoms with Crippen LogP contribution < -0.4 is 5.32 Å². The lowest BCUT2D eigenvalue weighted by Gasteiger charge is -2.21. The molecule has 0 fully saturated rings. The van der Waals surface area contributed by atoms with E-state index >= 15 is 0 Å². The van der Waals surface area contributed by atoms with Crippen LogP contribution in [0.15, 0.2) is 24.3 Å². The zero-order chi connectivity index (χ0) is 12.7. The molecule has 1 aromatic rings. The molecule has 0 saturated carbocycles. The molecule has 0 atom stereocenters. The molecule has 0 heterocycles. The summed E-state index contributed by atoms with van der Waals surface area (Å²) in [5.74, 6) is 0. The lowest BCUT2D eigenvalue weighted by atomic mass is 10.1. The van der Waals surface area contributed by atoms with Crippen molar-refractivity contribution < 1.29 is 0 Å². The third kappa shape index (κ3) is 5.33. The maximum Gasteiger partial charge on any atom is 0.0233 e. The van der Waals surface area contributed by atoms with Gasteiger partial charge in [0.05, 0.1) is 0 Å². The van der Waals surface area contributed by atoms with Crippen LogP contribution in [0.5, 0.6) is 0 Å². The van der Waals surface area contributed by atoms with Gasteiger partial charge >= 0.3 is 0 Å². The van der Waals surface area contributed by atoms with Crippen molar-refractivity contribution in [3.05, 3.63) is 35.4 Å². The minimum absolute atomic E-state index is 0.600. The lowest BCUT2D eigenvalue weighted by molar-refractivity contribution is 0.266. The standard InChI is InChI=1S/C15H26N2/c1-5-16-11-10-14-6-8-15(9-7-14)12-17(4)13(2)3/h6-9,13,16H,5,10-12H2,1-4H3. The number of rotatable bonds is 7. The van der Waals surface area contributed by atoms with Crippen molar-refractivity contribution in [2.24, 2.45) is 0 Å². The van der Waals surface area contributed by atoms with Crippen LogP contribution in [-0.4, -0.2) is 31.1 Å². The molecule has 0 aliphatic carbocycles. The molecular formula is C15H26N2. The third-order valence-electron chi connectivity index (χ3n) is 3.18. The first kappa shape index (κ1) is 14.2. The number of hydrogen-bond acceptors (Lipinski definition) is 2. The van der Waals surface area contributed by atoms with E-state index in [0.29, 0.717) is 6.04 Å². The number of nitrogens with one attached hydrogen (secondary N) is 1. The van der Waals surface area contributed by atoms with E-state index in [4.69, 9.17) is 0 Å². The van der Waals surface area contributed by atoms with E-state index in [1.54, 1.807) is 0 Å². The molecule has 17 heavy (non-hydrogen) atoms. The van der Waals surface area contributed by atoms with Gasteiger partial charge in [-0.3, -0.25) is 4.90 Å². The monoisotopic (exact) mass is 234 g/mol. The van der Waals surface area contributed by atoms with Gasteiger partial charge in [0.1, 0.15) is 0 Å². The fourth-order valence-corrected chi connectivity index (χ4v) is 1.69. The molecule has 1 N–H and O–H groups in total. The lowest BCUT2D eigenvalue weighted by Crippen LogP contribution is -2.25. The van der Waals surface area contributed by atoms with Gasteiger partial charge in [-0.1, -0.05) is 31.2 Å². The minimum atomic E-state index is 0.600. The Balaban J connectivity index is 2.44. The largest absolute Gasteiger partial charge is 0.317 e. The summed E-state index contributed by atoms with van der Waals surface area (Å²) < 4.78 is 0. The summed E-state index contributed by atoms with van der Waals surface area (Å²) in [6, 6.07) is 9.60. The Bertz CT molecular complexity index is 303. The van der Waals surface area contributed by atoms with Gasteiger partial charge in [-0.15, -0.1) is 0 Å². The summed E-state index contributed by atoms with van der Waals surface area (Å²) in [7, 11) is 2.17. The second-order valence-corrected chi connectivity index (χ2v) is 4.93. The van der Waals surface area contributed by atoms with Gasteiger partial charge in [0.2, 0.25) is 0 Å². The van der Waals surface area contributed by atoms with Gasteiger partial charge in [-0.05, 0) is 51.5 Å². The van der Waals surface area contributed by atoms with Gasteiger partial charge < -0.3 is 5.32 Å². The summed E-state index contributed by atoms with van der Waals surface area (Å²) in [4.78, 5) is 2.35. The normalized spacial score (nSPS) is 11.4. The first-order valence-corrected chi connectivity index (χ1v) is 6.62. The van der Waals surface area contributed by atoms with E-state index < -0.39 is 0 Å².